The lowest BCUT2D eigenvalue weighted by Crippen LogP contribution is -2.16. The summed E-state index contributed by atoms with van der Waals surface area (Å²) in [5, 5.41) is 7.88. The maximum Gasteiger partial charge on any atom is 0.0720 e. The molecular formula is C37H25NS. The van der Waals surface area contributed by atoms with Crippen LogP contribution in [0.3, 0.4) is 0 Å². The third-order valence-electron chi connectivity index (χ3n) is 8.96. The molecule has 0 saturated carbocycles. The van der Waals surface area contributed by atoms with Gasteiger partial charge >= 0.3 is 0 Å². The first-order valence-electron chi connectivity index (χ1n) is 13.6. The van der Waals surface area contributed by atoms with Gasteiger partial charge in [0.15, 0.2) is 0 Å². The molecule has 1 nitrogen and oxygen atoms in total. The number of hydrogen-bond donors (Lipinski definition) is 0. The molecule has 0 bridgehead atoms. The Balaban J connectivity index is 1.57. The monoisotopic (exact) mass is 515 g/mol. The quantitative estimate of drug-likeness (QED) is 0.205. The number of rotatable bonds is 1. The summed E-state index contributed by atoms with van der Waals surface area (Å²) in [5.41, 5.74) is 9.36. The Labute approximate surface area is 230 Å². The van der Waals surface area contributed by atoms with Gasteiger partial charge in [-0.25, -0.2) is 0 Å². The van der Waals surface area contributed by atoms with Crippen LogP contribution < -0.4 is 0 Å². The van der Waals surface area contributed by atoms with Crippen LogP contribution in [0.15, 0.2) is 115 Å². The number of aromatic nitrogens is 1. The van der Waals surface area contributed by atoms with Gasteiger partial charge in [-0.05, 0) is 39.8 Å². The fraction of sp³-hybridized carbons (Fsp3) is 0.0811. The van der Waals surface area contributed by atoms with Crippen LogP contribution in [-0.2, 0) is 5.41 Å². The fourth-order valence-electron chi connectivity index (χ4n) is 7.27. The molecule has 2 heteroatoms. The van der Waals surface area contributed by atoms with E-state index in [9.17, 15) is 0 Å². The van der Waals surface area contributed by atoms with Crippen molar-refractivity contribution >= 4 is 64.1 Å². The molecule has 0 aliphatic heterocycles. The van der Waals surface area contributed by atoms with Gasteiger partial charge in [0, 0.05) is 37.0 Å². The van der Waals surface area contributed by atoms with Crippen molar-refractivity contribution in [3.8, 4) is 16.8 Å². The molecule has 0 fully saturated rings. The van der Waals surface area contributed by atoms with E-state index >= 15 is 0 Å². The van der Waals surface area contributed by atoms with Crippen LogP contribution in [0.4, 0.5) is 0 Å². The number of nitrogens with zero attached hydrogens (tertiary/aromatic N) is 1. The van der Waals surface area contributed by atoms with E-state index in [0.29, 0.717) is 0 Å². The Hall–Kier alpha value is -4.40. The molecule has 39 heavy (non-hydrogen) atoms. The smallest absolute Gasteiger partial charge is 0.0720 e. The minimum absolute atomic E-state index is 0.110. The normalized spacial score (nSPS) is 14.1. The molecule has 0 amide bonds. The van der Waals surface area contributed by atoms with E-state index in [1.807, 2.05) is 11.3 Å². The molecular weight excluding hydrogens is 490 g/mol. The molecule has 2 aromatic heterocycles. The third-order valence-corrected chi connectivity index (χ3v) is 10.2. The predicted molar refractivity (Wildman–Crippen MR) is 169 cm³/mol. The van der Waals surface area contributed by atoms with Crippen LogP contribution >= 0.6 is 11.3 Å². The van der Waals surface area contributed by atoms with Gasteiger partial charge in [-0.1, -0.05) is 117 Å². The van der Waals surface area contributed by atoms with Crippen LogP contribution in [0.2, 0.25) is 0 Å². The zero-order valence-corrected chi connectivity index (χ0v) is 22.6. The molecule has 9 rings (SSSR count). The van der Waals surface area contributed by atoms with E-state index in [4.69, 9.17) is 0 Å². The van der Waals surface area contributed by atoms with Gasteiger partial charge in [0.1, 0.15) is 0 Å². The molecule has 0 atom stereocenters. The van der Waals surface area contributed by atoms with Gasteiger partial charge < -0.3 is 4.57 Å². The molecule has 0 spiro atoms. The highest BCUT2D eigenvalue weighted by atomic mass is 32.1. The van der Waals surface area contributed by atoms with Crippen LogP contribution in [0, 0.1) is 0 Å². The average molecular weight is 516 g/mol. The summed E-state index contributed by atoms with van der Waals surface area (Å²) in [6.45, 7) is 4.80. The van der Waals surface area contributed by atoms with E-state index in [1.165, 1.54) is 80.7 Å². The van der Waals surface area contributed by atoms with Crippen molar-refractivity contribution in [2.75, 3.05) is 0 Å². The van der Waals surface area contributed by atoms with Crippen molar-refractivity contribution in [2.45, 2.75) is 19.3 Å². The molecule has 0 N–H and O–H groups in total. The minimum Gasteiger partial charge on any atom is -0.307 e. The molecule has 1 aliphatic rings. The highest BCUT2D eigenvalue weighted by molar-refractivity contribution is 7.26. The second-order valence-electron chi connectivity index (χ2n) is 11.3. The molecule has 8 aromatic rings. The lowest BCUT2D eigenvalue weighted by atomic mass is 9.81. The van der Waals surface area contributed by atoms with Crippen LogP contribution in [0.5, 0.6) is 0 Å². The summed E-state index contributed by atoms with van der Waals surface area (Å²) in [7, 11) is 0. The maximum absolute atomic E-state index is 2.61. The zero-order valence-electron chi connectivity index (χ0n) is 21.8. The summed E-state index contributed by atoms with van der Waals surface area (Å²) in [5.74, 6) is 0. The maximum atomic E-state index is 2.61. The van der Waals surface area contributed by atoms with E-state index in [1.54, 1.807) is 0 Å². The van der Waals surface area contributed by atoms with Crippen molar-refractivity contribution in [2.24, 2.45) is 0 Å². The van der Waals surface area contributed by atoms with Crippen LogP contribution in [0.25, 0.3) is 69.6 Å². The Morgan fingerprint density at radius 2 is 1.23 bits per heavy atom. The molecule has 0 unspecified atom stereocenters. The number of benzene rings is 6. The van der Waals surface area contributed by atoms with E-state index in [0.717, 1.165) is 0 Å². The Morgan fingerprint density at radius 3 is 2.15 bits per heavy atom. The van der Waals surface area contributed by atoms with Crippen LogP contribution in [0.1, 0.15) is 25.0 Å². The lowest BCUT2D eigenvalue weighted by Gasteiger charge is -2.24. The first-order chi connectivity index (χ1) is 19.1. The van der Waals surface area contributed by atoms with E-state index < -0.39 is 0 Å². The molecule has 2 heterocycles. The second kappa shape index (κ2) is 7.37. The van der Waals surface area contributed by atoms with Crippen molar-refractivity contribution in [3.63, 3.8) is 0 Å². The summed E-state index contributed by atoms with van der Waals surface area (Å²) in [6.07, 6.45) is 0. The third kappa shape index (κ3) is 2.65. The van der Waals surface area contributed by atoms with Gasteiger partial charge in [-0.3, -0.25) is 0 Å². The molecule has 1 aliphatic carbocycles. The minimum atomic E-state index is -0.110. The first-order valence-corrected chi connectivity index (χ1v) is 14.4. The van der Waals surface area contributed by atoms with Crippen molar-refractivity contribution in [1.82, 2.24) is 4.57 Å². The lowest BCUT2D eigenvalue weighted by molar-refractivity contribution is 0.664. The molecule has 0 saturated heterocycles. The largest absolute Gasteiger partial charge is 0.307 e. The number of fused-ring (bicyclic) bond motifs is 12. The highest BCUT2D eigenvalue weighted by Crippen LogP contribution is 2.54. The van der Waals surface area contributed by atoms with Gasteiger partial charge in [0.2, 0.25) is 0 Å². The van der Waals surface area contributed by atoms with Gasteiger partial charge in [0.05, 0.1) is 21.4 Å². The molecule has 6 aromatic carbocycles. The fourth-order valence-corrected chi connectivity index (χ4v) is 8.51. The highest BCUT2D eigenvalue weighted by Gasteiger charge is 2.38. The van der Waals surface area contributed by atoms with Crippen molar-refractivity contribution < 1.29 is 0 Å². The Morgan fingerprint density at radius 1 is 0.538 bits per heavy atom. The van der Waals surface area contributed by atoms with Gasteiger partial charge in [0.25, 0.3) is 0 Å². The topological polar surface area (TPSA) is 4.93 Å². The summed E-state index contributed by atoms with van der Waals surface area (Å²) in [6, 6.07) is 42.8. The molecule has 184 valence electrons. The standard InChI is InChI=1S/C37H25NS/c1-37(2)30-15-7-5-13-24(30)26-18-19-27-28-20-21-29-25-14-6-8-17-32(25)39-36(29)35(28)38(34(27)33(26)37)31-16-9-11-22-10-3-4-12-23(22)31/h3-21H,1-2H3. The van der Waals surface area contributed by atoms with Crippen LogP contribution in [-0.4, -0.2) is 4.57 Å². The van der Waals surface area contributed by atoms with Crippen molar-refractivity contribution in [1.29, 1.82) is 0 Å². The molecule has 0 radical (unpaired) electrons. The Bertz CT molecular complexity index is 2310. The SMILES string of the molecule is CC1(C)c2ccccc2-c2ccc3c4ccc5c6ccccc6sc5c4n(-c4cccc5ccccc45)c3c21. The Kier molecular flexibility index (Phi) is 4.07. The van der Waals surface area contributed by atoms with E-state index in [2.05, 4.69) is 134 Å². The number of hydrogen-bond acceptors (Lipinski definition) is 1. The summed E-state index contributed by atoms with van der Waals surface area (Å²) in [4.78, 5) is 0. The van der Waals surface area contributed by atoms with Gasteiger partial charge in [-0.15, -0.1) is 11.3 Å². The average Bonchev–Trinajstić information content (AvgIpc) is 3.59. The summed E-state index contributed by atoms with van der Waals surface area (Å²) < 4.78 is 5.31. The number of thiophene rings is 1. The van der Waals surface area contributed by atoms with Gasteiger partial charge in [-0.2, -0.15) is 0 Å². The van der Waals surface area contributed by atoms with Crippen molar-refractivity contribution in [3.05, 3.63) is 126 Å². The summed E-state index contributed by atoms with van der Waals surface area (Å²) >= 11 is 1.92. The van der Waals surface area contributed by atoms with E-state index in [-0.39, 0.29) is 5.41 Å². The second-order valence-corrected chi connectivity index (χ2v) is 12.4. The predicted octanol–water partition coefficient (Wildman–Crippen LogP) is 10.6. The first kappa shape index (κ1) is 21.5. The zero-order chi connectivity index (χ0) is 25.9.